The Morgan fingerprint density at radius 1 is 0.952 bits per heavy atom. The predicted octanol–water partition coefficient (Wildman–Crippen LogP) is -1.13. The Bertz CT molecular complexity index is 1200. The molecule has 1 heterocycles. The van der Waals surface area contributed by atoms with E-state index in [4.69, 9.17) is 17.2 Å². The number of H-pyrrole nitrogens is 1. The van der Waals surface area contributed by atoms with Crippen molar-refractivity contribution >= 4 is 29.7 Å². The molecule has 230 valence electrons. The number of aliphatic carboxylic acids is 1. The van der Waals surface area contributed by atoms with Crippen molar-refractivity contribution < 1.29 is 29.4 Å². The lowest BCUT2D eigenvalue weighted by molar-refractivity contribution is -0.142. The summed E-state index contributed by atoms with van der Waals surface area (Å²) >= 11 is 0. The lowest BCUT2D eigenvalue weighted by Gasteiger charge is -2.26. The van der Waals surface area contributed by atoms with Crippen LogP contribution in [0.15, 0.2) is 41.8 Å². The number of hydrogen-bond acceptors (Lipinski definition) is 8. The maximum absolute atomic E-state index is 13.5. The highest BCUT2D eigenvalue weighted by Crippen LogP contribution is 2.12. The second-order valence-electron chi connectivity index (χ2n) is 10.4. The molecule has 15 heteroatoms. The zero-order chi connectivity index (χ0) is 31.2. The van der Waals surface area contributed by atoms with Crippen molar-refractivity contribution in [2.24, 2.45) is 28.1 Å². The van der Waals surface area contributed by atoms with Gasteiger partial charge in [0.05, 0.1) is 12.4 Å². The van der Waals surface area contributed by atoms with Gasteiger partial charge in [-0.05, 0) is 49.3 Å². The molecule has 0 fully saturated rings. The number of phenols is 1. The number of carboxylic acid groups (broad SMARTS) is 1. The van der Waals surface area contributed by atoms with Gasteiger partial charge in [0.2, 0.25) is 17.7 Å². The molecule has 0 saturated heterocycles. The van der Waals surface area contributed by atoms with Crippen molar-refractivity contribution in [1.29, 1.82) is 0 Å². The summed E-state index contributed by atoms with van der Waals surface area (Å²) in [4.78, 5) is 62.0. The van der Waals surface area contributed by atoms with Crippen LogP contribution >= 0.6 is 0 Å². The van der Waals surface area contributed by atoms with E-state index in [1.807, 2.05) is 13.8 Å². The molecule has 0 saturated carbocycles. The minimum Gasteiger partial charge on any atom is -0.508 e. The fourth-order valence-corrected chi connectivity index (χ4v) is 4.09. The van der Waals surface area contributed by atoms with E-state index in [1.165, 1.54) is 24.7 Å². The van der Waals surface area contributed by atoms with Gasteiger partial charge >= 0.3 is 5.97 Å². The maximum Gasteiger partial charge on any atom is 0.326 e. The predicted molar refractivity (Wildman–Crippen MR) is 155 cm³/mol. The van der Waals surface area contributed by atoms with Gasteiger partial charge in [-0.2, -0.15) is 0 Å². The third kappa shape index (κ3) is 11.8. The van der Waals surface area contributed by atoms with Gasteiger partial charge in [-0.25, -0.2) is 9.78 Å². The summed E-state index contributed by atoms with van der Waals surface area (Å²) in [7, 11) is 0. The molecule has 42 heavy (non-hydrogen) atoms. The molecule has 1 aromatic carbocycles. The summed E-state index contributed by atoms with van der Waals surface area (Å²) < 4.78 is 0. The number of nitrogens with one attached hydrogen (secondary N) is 4. The van der Waals surface area contributed by atoms with Crippen LogP contribution < -0.4 is 33.2 Å². The molecule has 0 bridgehead atoms. The average Bonchev–Trinajstić information content (AvgIpc) is 3.43. The lowest BCUT2D eigenvalue weighted by Crippen LogP contribution is -2.58. The van der Waals surface area contributed by atoms with Crippen molar-refractivity contribution in [2.45, 2.75) is 70.1 Å². The Morgan fingerprint density at radius 2 is 1.57 bits per heavy atom. The minimum atomic E-state index is -1.24. The number of aromatic amines is 1. The van der Waals surface area contributed by atoms with Gasteiger partial charge in [0.1, 0.15) is 23.9 Å². The van der Waals surface area contributed by atoms with Gasteiger partial charge in [-0.15, -0.1) is 0 Å². The first-order chi connectivity index (χ1) is 19.8. The first-order valence-electron chi connectivity index (χ1n) is 13.6. The van der Waals surface area contributed by atoms with Crippen LogP contribution in [0.3, 0.4) is 0 Å². The van der Waals surface area contributed by atoms with Gasteiger partial charge < -0.3 is 48.3 Å². The normalized spacial score (nSPS) is 13.8. The zero-order valence-corrected chi connectivity index (χ0v) is 23.7. The second-order valence-corrected chi connectivity index (χ2v) is 10.4. The smallest absolute Gasteiger partial charge is 0.326 e. The van der Waals surface area contributed by atoms with E-state index in [-0.39, 0.29) is 49.9 Å². The number of amides is 3. The third-order valence-electron chi connectivity index (χ3n) is 6.24. The van der Waals surface area contributed by atoms with Crippen LogP contribution in [-0.4, -0.2) is 80.5 Å². The first-order valence-corrected chi connectivity index (χ1v) is 13.6. The number of aliphatic imine (C=N–C) groups is 1. The summed E-state index contributed by atoms with van der Waals surface area (Å²) in [5, 5.41) is 26.9. The standard InChI is InChI=1S/C27H41N9O6/c1-15(2)10-21(24(39)34-20(26(41)42)4-3-9-32-27(29)30)36-25(40)22(12-17-13-31-14-33-17)35-23(38)19(28)11-16-5-7-18(37)8-6-16/h5-8,13-15,19-22,37H,3-4,9-12,28H2,1-2H3,(H,31,33)(H,34,39)(H,35,38)(H,36,40)(H,41,42)(H4,29,30,32). The molecule has 0 spiro atoms. The molecule has 2 aromatic rings. The number of aromatic hydroxyl groups is 1. The largest absolute Gasteiger partial charge is 0.508 e. The van der Waals surface area contributed by atoms with E-state index in [1.54, 1.807) is 12.1 Å². The summed E-state index contributed by atoms with van der Waals surface area (Å²) in [6, 6.07) is 1.80. The van der Waals surface area contributed by atoms with Crippen LogP contribution in [0.25, 0.3) is 0 Å². The number of carboxylic acids is 1. The molecule has 4 atom stereocenters. The Labute approximate surface area is 243 Å². The molecule has 12 N–H and O–H groups in total. The van der Waals surface area contributed by atoms with Crippen LogP contribution in [0, 0.1) is 5.92 Å². The molecule has 4 unspecified atom stereocenters. The lowest BCUT2D eigenvalue weighted by atomic mass is 10.0. The van der Waals surface area contributed by atoms with Gasteiger partial charge in [-0.3, -0.25) is 19.4 Å². The Kier molecular flexibility index (Phi) is 13.2. The second kappa shape index (κ2) is 16.6. The Balaban J connectivity index is 2.14. The van der Waals surface area contributed by atoms with Crippen molar-refractivity contribution in [2.75, 3.05) is 6.54 Å². The van der Waals surface area contributed by atoms with E-state index in [2.05, 4.69) is 30.9 Å². The SMILES string of the molecule is CC(C)CC(NC(=O)C(Cc1cnc[nH]1)NC(=O)C(N)Cc1ccc(O)cc1)C(=O)NC(CCCN=C(N)N)C(=O)O. The van der Waals surface area contributed by atoms with E-state index in [0.717, 1.165) is 0 Å². The summed E-state index contributed by atoms with van der Waals surface area (Å²) in [6.07, 6.45) is 3.70. The number of benzene rings is 1. The Hall–Kier alpha value is -4.66. The molecular formula is C27H41N9O6. The molecule has 0 radical (unpaired) electrons. The highest BCUT2D eigenvalue weighted by molar-refractivity contribution is 5.94. The number of imidazole rings is 1. The summed E-state index contributed by atoms with van der Waals surface area (Å²) in [5.74, 6) is -3.26. The molecule has 2 rings (SSSR count). The fourth-order valence-electron chi connectivity index (χ4n) is 4.09. The monoisotopic (exact) mass is 587 g/mol. The van der Waals surface area contributed by atoms with Gasteiger partial charge in [0.25, 0.3) is 0 Å². The van der Waals surface area contributed by atoms with Crippen LogP contribution in [0.2, 0.25) is 0 Å². The number of hydrogen-bond donors (Lipinski definition) is 9. The fraction of sp³-hybridized carbons (Fsp3) is 0.481. The highest BCUT2D eigenvalue weighted by Gasteiger charge is 2.31. The highest BCUT2D eigenvalue weighted by atomic mass is 16.4. The van der Waals surface area contributed by atoms with E-state index >= 15 is 0 Å². The van der Waals surface area contributed by atoms with Crippen LogP contribution in [0.5, 0.6) is 5.75 Å². The van der Waals surface area contributed by atoms with Crippen molar-refractivity contribution in [1.82, 2.24) is 25.9 Å². The quantitative estimate of drug-likeness (QED) is 0.0610. The molecule has 0 aliphatic rings. The summed E-state index contributed by atoms with van der Waals surface area (Å²) in [5.41, 5.74) is 18.0. The van der Waals surface area contributed by atoms with Crippen molar-refractivity contribution in [3.63, 3.8) is 0 Å². The topological polar surface area (TPSA) is 264 Å². The molecule has 1 aromatic heterocycles. The number of guanidine groups is 1. The van der Waals surface area contributed by atoms with Crippen LogP contribution in [0.4, 0.5) is 0 Å². The number of nitrogens with two attached hydrogens (primary N) is 3. The van der Waals surface area contributed by atoms with Gasteiger partial charge in [0, 0.05) is 24.9 Å². The maximum atomic E-state index is 13.5. The minimum absolute atomic E-state index is 0.0298. The number of aromatic nitrogens is 2. The number of carbonyl (C=O) groups is 4. The zero-order valence-electron chi connectivity index (χ0n) is 23.7. The third-order valence-corrected chi connectivity index (χ3v) is 6.24. The first kappa shape index (κ1) is 33.5. The number of carbonyl (C=O) groups excluding carboxylic acids is 3. The molecule has 0 aliphatic carbocycles. The van der Waals surface area contributed by atoms with E-state index in [9.17, 15) is 29.4 Å². The van der Waals surface area contributed by atoms with E-state index < -0.39 is 47.9 Å². The van der Waals surface area contributed by atoms with Gasteiger partial charge in [0.15, 0.2) is 5.96 Å². The van der Waals surface area contributed by atoms with Crippen LogP contribution in [-0.2, 0) is 32.0 Å². The molecule has 3 amide bonds. The number of phenolic OH excluding ortho intramolecular Hbond substituents is 1. The molecule has 0 aliphatic heterocycles. The Morgan fingerprint density at radius 3 is 2.14 bits per heavy atom. The van der Waals surface area contributed by atoms with Crippen LogP contribution in [0.1, 0.15) is 44.4 Å². The van der Waals surface area contributed by atoms with Crippen molar-refractivity contribution in [3.8, 4) is 5.75 Å². The van der Waals surface area contributed by atoms with E-state index in [0.29, 0.717) is 17.7 Å². The molecular weight excluding hydrogens is 546 g/mol. The molecule has 15 nitrogen and oxygen atoms in total. The van der Waals surface area contributed by atoms with Crippen molar-refractivity contribution in [3.05, 3.63) is 48.0 Å². The summed E-state index contributed by atoms with van der Waals surface area (Å²) in [6.45, 7) is 3.89. The van der Waals surface area contributed by atoms with Gasteiger partial charge in [-0.1, -0.05) is 26.0 Å². The number of nitrogens with zero attached hydrogens (tertiary/aromatic N) is 2. The average molecular weight is 588 g/mol. The number of rotatable bonds is 17.